The third-order valence-corrected chi connectivity index (χ3v) is 3.79. The number of anilines is 2. The maximum atomic E-state index is 13.4. The van der Waals surface area contributed by atoms with Crippen LogP contribution in [0.25, 0.3) is 0 Å². The second-order valence-corrected chi connectivity index (χ2v) is 5.92. The Labute approximate surface area is 115 Å². The lowest BCUT2D eigenvalue weighted by Crippen LogP contribution is -2.17. The molecule has 0 unspecified atom stereocenters. The zero-order chi connectivity index (χ0) is 14.8. The van der Waals surface area contributed by atoms with Gasteiger partial charge >= 0.3 is 0 Å². The van der Waals surface area contributed by atoms with Gasteiger partial charge in [0, 0.05) is 5.69 Å². The molecule has 0 aliphatic heterocycles. The Hall–Kier alpha value is -2.15. The standard InChI is InChI=1S/C13H12F2N2O2S/c14-11-2-1-3-12(15)13(11)17-20(18,19)8-9-4-6-10(16)7-5-9/h1-7,17H,8,16H2. The molecular formula is C13H12F2N2O2S. The molecule has 0 saturated carbocycles. The van der Waals surface area contributed by atoms with Crippen molar-refractivity contribution in [1.29, 1.82) is 0 Å². The summed E-state index contributed by atoms with van der Waals surface area (Å²) in [6.07, 6.45) is 0. The summed E-state index contributed by atoms with van der Waals surface area (Å²) in [5.74, 6) is -2.34. The Morgan fingerprint density at radius 3 is 2.10 bits per heavy atom. The van der Waals surface area contributed by atoms with Crippen LogP contribution in [0, 0.1) is 11.6 Å². The number of para-hydroxylation sites is 1. The first-order chi connectivity index (χ1) is 9.37. The van der Waals surface area contributed by atoms with Gasteiger partial charge in [0.2, 0.25) is 10.0 Å². The van der Waals surface area contributed by atoms with Gasteiger partial charge in [-0.25, -0.2) is 17.2 Å². The highest BCUT2D eigenvalue weighted by molar-refractivity contribution is 7.91. The molecule has 4 nitrogen and oxygen atoms in total. The maximum absolute atomic E-state index is 13.4. The van der Waals surface area contributed by atoms with Crippen LogP contribution >= 0.6 is 0 Å². The normalized spacial score (nSPS) is 11.3. The number of benzene rings is 2. The van der Waals surface area contributed by atoms with Gasteiger partial charge in [0.25, 0.3) is 0 Å². The number of nitrogens with two attached hydrogens (primary N) is 1. The summed E-state index contributed by atoms with van der Waals surface area (Å²) < 4.78 is 52.5. The predicted octanol–water partition coefficient (Wildman–Crippen LogP) is 2.49. The predicted molar refractivity (Wildman–Crippen MR) is 73.5 cm³/mol. The van der Waals surface area contributed by atoms with Crippen molar-refractivity contribution in [2.75, 3.05) is 10.5 Å². The fourth-order valence-electron chi connectivity index (χ4n) is 1.62. The van der Waals surface area contributed by atoms with E-state index < -0.39 is 33.1 Å². The van der Waals surface area contributed by atoms with Crippen molar-refractivity contribution in [1.82, 2.24) is 0 Å². The molecule has 2 aromatic rings. The van der Waals surface area contributed by atoms with Crippen molar-refractivity contribution in [2.24, 2.45) is 0 Å². The number of rotatable bonds is 4. The van der Waals surface area contributed by atoms with E-state index in [-0.39, 0.29) is 0 Å². The zero-order valence-corrected chi connectivity index (χ0v) is 11.1. The van der Waals surface area contributed by atoms with Crippen LogP contribution in [0.3, 0.4) is 0 Å². The Morgan fingerprint density at radius 2 is 1.55 bits per heavy atom. The van der Waals surface area contributed by atoms with Crippen LogP contribution in [0.4, 0.5) is 20.2 Å². The maximum Gasteiger partial charge on any atom is 0.237 e. The van der Waals surface area contributed by atoms with Crippen LogP contribution in [0.1, 0.15) is 5.56 Å². The van der Waals surface area contributed by atoms with E-state index in [1.165, 1.54) is 12.1 Å². The van der Waals surface area contributed by atoms with Crippen molar-refractivity contribution in [3.8, 4) is 0 Å². The van der Waals surface area contributed by atoms with E-state index in [2.05, 4.69) is 0 Å². The Balaban J connectivity index is 2.21. The third kappa shape index (κ3) is 3.45. The topological polar surface area (TPSA) is 72.2 Å². The van der Waals surface area contributed by atoms with Crippen molar-refractivity contribution < 1.29 is 17.2 Å². The molecule has 0 aromatic heterocycles. The summed E-state index contributed by atoms with van der Waals surface area (Å²) in [5, 5.41) is 0. The van der Waals surface area contributed by atoms with Crippen LogP contribution < -0.4 is 10.5 Å². The van der Waals surface area contributed by atoms with Gasteiger partial charge in [-0.3, -0.25) is 4.72 Å². The molecule has 0 saturated heterocycles. The van der Waals surface area contributed by atoms with Gasteiger partial charge in [0.05, 0.1) is 5.75 Å². The number of nitrogens with one attached hydrogen (secondary N) is 1. The average molecular weight is 298 g/mol. The molecule has 0 heterocycles. The molecule has 0 radical (unpaired) electrons. The quantitative estimate of drug-likeness (QED) is 0.852. The van der Waals surface area contributed by atoms with Crippen LogP contribution in [0.5, 0.6) is 0 Å². The number of halogens is 2. The lowest BCUT2D eigenvalue weighted by molar-refractivity contribution is 0.582. The Kier molecular flexibility index (Phi) is 3.89. The second kappa shape index (κ2) is 5.46. The Bertz CT molecular complexity index is 695. The van der Waals surface area contributed by atoms with Gasteiger partial charge in [-0.2, -0.15) is 0 Å². The SMILES string of the molecule is Nc1ccc(CS(=O)(=O)Nc2c(F)cccc2F)cc1. The van der Waals surface area contributed by atoms with Gasteiger partial charge in [0.15, 0.2) is 0 Å². The minimum atomic E-state index is -3.92. The van der Waals surface area contributed by atoms with Gasteiger partial charge in [-0.1, -0.05) is 18.2 Å². The van der Waals surface area contributed by atoms with E-state index in [1.54, 1.807) is 12.1 Å². The molecule has 3 N–H and O–H groups in total. The number of hydrogen-bond donors (Lipinski definition) is 2. The van der Waals surface area contributed by atoms with Crippen LogP contribution in [0.15, 0.2) is 42.5 Å². The van der Waals surface area contributed by atoms with E-state index in [0.29, 0.717) is 11.3 Å². The van der Waals surface area contributed by atoms with Gasteiger partial charge in [-0.15, -0.1) is 0 Å². The van der Waals surface area contributed by atoms with Crippen molar-refractivity contribution in [2.45, 2.75) is 5.75 Å². The summed E-state index contributed by atoms with van der Waals surface area (Å²) >= 11 is 0. The largest absolute Gasteiger partial charge is 0.399 e. The van der Waals surface area contributed by atoms with Crippen molar-refractivity contribution in [3.63, 3.8) is 0 Å². The molecule has 0 spiro atoms. The van der Waals surface area contributed by atoms with Gasteiger partial charge in [0.1, 0.15) is 17.3 Å². The monoisotopic (exact) mass is 298 g/mol. The summed E-state index contributed by atoms with van der Waals surface area (Å²) in [4.78, 5) is 0. The zero-order valence-electron chi connectivity index (χ0n) is 10.3. The number of nitrogen functional groups attached to an aromatic ring is 1. The Morgan fingerprint density at radius 1 is 1.00 bits per heavy atom. The highest BCUT2D eigenvalue weighted by Crippen LogP contribution is 2.20. The van der Waals surface area contributed by atoms with E-state index in [0.717, 1.165) is 18.2 Å². The van der Waals surface area contributed by atoms with E-state index >= 15 is 0 Å². The first-order valence-corrected chi connectivity index (χ1v) is 7.31. The fraction of sp³-hybridized carbons (Fsp3) is 0.0769. The van der Waals surface area contributed by atoms with Crippen molar-refractivity contribution >= 4 is 21.4 Å². The summed E-state index contributed by atoms with van der Waals surface area (Å²) in [7, 11) is -3.92. The molecule has 0 aliphatic carbocycles. The van der Waals surface area contributed by atoms with Gasteiger partial charge < -0.3 is 5.73 Å². The first-order valence-electron chi connectivity index (χ1n) is 5.66. The second-order valence-electron chi connectivity index (χ2n) is 4.20. The van der Waals surface area contributed by atoms with Crippen LogP contribution in [-0.2, 0) is 15.8 Å². The number of sulfonamides is 1. The highest BCUT2D eigenvalue weighted by atomic mass is 32.2. The molecule has 0 atom stereocenters. The average Bonchev–Trinajstić information content (AvgIpc) is 2.37. The first kappa shape index (κ1) is 14.3. The van der Waals surface area contributed by atoms with Gasteiger partial charge in [-0.05, 0) is 29.8 Å². The molecule has 2 rings (SSSR count). The smallest absolute Gasteiger partial charge is 0.237 e. The molecule has 7 heteroatoms. The van der Waals surface area contributed by atoms with Crippen molar-refractivity contribution in [3.05, 3.63) is 59.7 Å². The van der Waals surface area contributed by atoms with Crippen LogP contribution in [-0.4, -0.2) is 8.42 Å². The molecule has 106 valence electrons. The summed E-state index contributed by atoms with van der Waals surface area (Å²) in [5.41, 5.74) is 5.77. The molecule has 2 aromatic carbocycles. The molecule has 0 aliphatic rings. The number of hydrogen-bond acceptors (Lipinski definition) is 3. The fourth-order valence-corrected chi connectivity index (χ4v) is 2.83. The summed E-state index contributed by atoms with van der Waals surface area (Å²) in [6, 6.07) is 9.28. The van der Waals surface area contributed by atoms with E-state index in [1.807, 2.05) is 4.72 Å². The van der Waals surface area contributed by atoms with Crippen LogP contribution in [0.2, 0.25) is 0 Å². The summed E-state index contributed by atoms with van der Waals surface area (Å²) in [6.45, 7) is 0. The molecule has 0 bridgehead atoms. The molecular weight excluding hydrogens is 286 g/mol. The minimum absolute atomic E-state index is 0.402. The lowest BCUT2D eigenvalue weighted by Gasteiger charge is -2.10. The van der Waals surface area contributed by atoms with E-state index in [9.17, 15) is 17.2 Å². The lowest BCUT2D eigenvalue weighted by atomic mass is 10.2. The van der Waals surface area contributed by atoms with E-state index in [4.69, 9.17) is 5.73 Å². The minimum Gasteiger partial charge on any atom is -0.399 e. The highest BCUT2D eigenvalue weighted by Gasteiger charge is 2.17. The third-order valence-electron chi connectivity index (χ3n) is 2.56. The molecule has 0 amide bonds. The molecule has 20 heavy (non-hydrogen) atoms. The molecule has 0 fully saturated rings.